The maximum atomic E-state index is 12.5. The first kappa shape index (κ1) is 17.9. The van der Waals surface area contributed by atoms with Crippen molar-refractivity contribution < 1.29 is 14.4 Å². The number of nitrogens with one attached hydrogen (secondary N) is 2. The summed E-state index contributed by atoms with van der Waals surface area (Å²) < 4.78 is 0. The molecule has 0 fully saturated rings. The first-order valence-corrected chi connectivity index (χ1v) is 8.52. The third kappa shape index (κ3) is 4.52. The monoisotopic (exact) mass is 344 g/mol. The van der Waals surface area contributed by atoms with Crippen LogP contribution in [0.15, 0.2) is 41.8 Å². The number of anilines is 1. The van der Waals surface area contributed by atoms with Gasteiger partial charge in [-0.15, -0.1) is 11.3 Å². The van der Waals surface area contributed by atoms with Gasteiger partial charge in [0.2, 0.25) is 5.91 Å². The van der Waals surface area contributed by atoms with Gasteiger partial charge >= 0.3 is 0 Å². The lowest BCUT2D eigenvalue weighted by Gasteiger charge is -2.21. The number of hydrogen-bond donors (Lipinski definition) is 2. The number of carbonyl (C=O) groups is 3. The molecule has 0 aliphatic rings. The van der Waals surface area contributed by atoms with Gasteiger partial charge in [-0.05, 0) is 36.4 Å². The summed E-state index contributed by atoms with van der Waals surface area (Å²) in [6.45, 7) is 5.20. The van der Waals surface area contributed by atoms with Crippen LogP contribution >= 0.6 is 11.3 Å². The first-order valence-electron chi connectivity index (χ1n) is 7.64. The minimum absolute atomic E-state index is 0.0718. The van der Waals surface area contributed by atoms with Crippen molar-refractivity contribution in [1.82, 2.24) is 5.32 Å². The Bertz CT molecular complexity index is 738. The molecular weight excluding hydrogens is 324 g/mol. The summed E-state index contributed by atoms with van der Waals surface area (Å²) in [6.07, 6.45) is 0. The van der Waals surface area contributed by atoms with Gasteiger partial charge in [0.25, 0.3) is 5.91 Å². The van der Waals surface area contributed by atoms with Crippen LogP contribution in [-0.4, -0.2) is 23.6 Å². The van der Waals surface area contributed by atoms with E-state index in [-0.39, 0.29) is 23.5 Å². The van der Waals surface area contributed by atoms with Crippen LogP contribution in [0.2, 0.25) is 0 Å². The third-order valence-corrected chi connectivity index (χ3v) is 4.39. The Balaban J connectivity index is 2.10. The van der Waals surface area contributed by atoms with E-state index >= 15 is 0 Å². The summed E-state index contributed by atoms with van der Waals surface area (Å²) in [4.78, 5) is 36.7. The Kier molecular flexibility index (Phi) is 5.87. The van der Waals surface area contributed by atoms with E-state index in [1.54, 1.807) is 36.4 Å². The van der Waals surface area contributed by atoms with Crippen molar-refractivity contribution in [3.63, 3.8) is 0 Å². The van der Waals surface area contributed by atoms with E-state index < -0.39 is 6.04 Å². The quantitative estimate of drug-likeness (QED) is 0.789. The summed E-state index contributed by atoms with van der Waals surface area (Å²) >= 11 is 1.32. The molecule has 24 heavy (non-hydrogen) atoms. The Morgan fingerprint density at radius 3 is 2.42 bits per heavy atom. The summed E-state index contributed by atoms with van der Waals surface area (Å²) in [5.41, 5.74) is 1.06. The molecule has 5 nitrogen and oxygen atoms in total. The highest BCUT2D eigenvalue weighted by Crippen LogP contribution is 2.14. The zero-order valence-corrected chi connectivity index (χ0v) is 14.6. The molecule has 2 amide bonds. The second-order valence-corrected chi connectivity index (χ2v) is 6.75. The fraction of sp³-hybridized carbons (Fsp3) is 0.278. The van der Waals surface area contributed by atoms with Crippen molar-refractivity contribution in [2.24, 2.45) is 5.92 Å². The molecule has 1 unspecified atom stereocenters. The van der Waals surface area contributed by atoms with Gasteiger partial charge in [-0.2, -0.15) is 0 Å². The molecular formula is C18H20N2O3S. The molecule has 1 aromatic carbocycles. The predicted molar refractivity (Wildman–Crippen MR) is 95.5 cm³/mol. The van der Waals surface area contributed by atoms with Gasteiger partial charge in [0, 0.05) is 11.3 Å². The van der Waals surface area contributed by atoms with Crippen LogP contribution in [0.4, 0.5) is 5.69 Å². The van der Waals surface area contributed by atoms with Gasteiger partial charge in [0.15, 0.2) is 5.78 Å². The van der Waals surface area contributed by atoms with Gasteiger partial charge in [-0.1, -0.05) is 32.0 Å². The first-order chi connectivity index (χ1) is 11.4. The Hall–Kier alpha value is -2.47. The molecule has 0 radical (unpaired) electrons. The van der Waals surface area contributed by atoms with Crippen molar-refractivity contribution in [2.45, 2.75) is 26.8 Å². The lowest BCUT2D eigenvalue weighted by molar-refractivity contribution is -0.118. The Morgan fingerprint density at radius 2 is 1.83 bits per heavy atom. The molecule has 2 aromatic rings. The van der Waals surface area contributed by atoms with Crippen molar-refractivity contribution >= 4 is 34.6 Å². The number of rotatable bonds is 6. The topological polar surface area (TPSA) is 75.3 Å². The summed E-state index contributed by atoms with van der Waals surface area (Å²) in [5, 5.41) is 7.35. The number of carbonyl (C=O) groups excluding carboxylic acids is 3. The molecule has 2 rings (SSSR count). The molecule has 1 aromatic heterocycles. The highest BCUT2D eigenvalue weighted by atomic mass is 32.1. The molecule has 2 N–H and O–H groups in total. The number of amides is 2. The second kappa shape index (κ2) is 7.88. The highest BCUT2D eigenvalue weighted by molar-refractivity contribution is 7.12. The van der Waals surface area contributed by atoms with Crippen molar-refractivity contribution in [3.8, 4) is 0 Å². The number of benzene rings is 1. The predicted octanol–water partition coefficient (Wildman–Crippen LogP) is 3.34. The third-order valence-electron chi connectivity index (χ3n) is 3.52. The molecule has 0 aliphatic carbocycles. The Morgan fingerprint density at radius 1 is 1.08 bits per heavy atom. The average molecular weight is 344 g/mol. The smallest absolute Gasteiger partial charge is 0.262 e. The Labute approximate surface area is 145 Å². The normalized spacial score (nSPS) is 11.8. The highest BCUT2D eigenvalue weighted by Gasteiger charge is 2.25. The second-order valence-electron chi connectivity index (χ2n) is 5.80. The molecule has 0 spiro atoms. The minimum atomic E-state index is -0.666. The fourth-order valence-corrected chi connectivity index (χ4v) is 2.82. The molecule has 6 heteroatoms. The van der Waals surface area contributed by atoms with E-state index in [2.05, 4.69) is 10.6 Å². The number of hydrogen-bond acceptors (Lipinski definition) is 4. The van der Waals surface area contributed by atoms with Crippen molar-refractivity contribution in [3.05, 3.63) is 52.2 Å². The average Bonchev–Trinajstić information content (AvgIpc) is 3.06. The van der Waals surface area contributed by atoms with Gasteiger partial charge in [0.1, 0.15) is 6.04 Å². The van der Waals surface area contributed by atoms with E-state index in [9.17, 15) is 14.4 Å². The number of thiophene rings is 1. The summed E-state index contributed by atoms with van der Waals surface area (Å²) in [6, 6.07) is 9.57. The van der Waals surface area contributed by atoms with Crippen LogP contribution in [0.1, 0.15) is 40.8 Å². The van der Waals surface area contributed by atoms with Gasteiger partial charge in [0.05, 0.1) is 4.88 Å². The molecule has 126 valence electrons. The fourth-order valence-electron chi connectivity index (χ4n) is 2.19. The molecule has 0 saturated carbocycles. The lowest BCUT2D eigenvalue weighted by atomic mass is 10.0. The van der Waals surface area contributed by atoms with Gasteiger partial charge in [-0.25, -0.2) is 0 Å². The maximum absolute atomic E-state index is 12.5. The van der Waals surface area contributed by atoms with Crippen LogP contribution in [0.3, 0.4) is 0 Å². The van der Waals surface area contributed by atoms with Gasteiger partial charge < -0.3 is 10.6 Å². The van der Waals surface area contributed by atoms with Crippen LogP contribution in [0.25, 0.3) is 0 Å². The van der Waals surface area contributed by atoms with E-state index in [0.717, 1.165) is 0 Å². The van der Waals surface area contributed by atoms with Crippen LogP contribution in [-0.2, 0) is 4.79 Å². The van der Waals surface area contributed by atoms with E-state index in [4.69, 9.17) is 0 Å². The van der Waals surface area contributed by atoms with Crippen molar-refractivity contribution in [1.29, 1.82) is 0 Å². The molecule has 0 aliphatic heterocycles. The number of ketones is 1. The molecule has 0 saturated heterocycles. The molecule has 1 heterocycles. The van der Waals surface area contributed by atoms with Crippen LogP contribution in [0.5, 0.6) is 0 Å². The SMILES string of the molecule is CC(=O)c1cccc(NC(=O)C(NC(=O)c2cccs2)C(C)C)c1. The zero-order valence-electron chi connectivity index (χ0n) is 13.8. The minimum Gasteiger partial charge on any atom is -0.339 e. The summed E-state index contributed by atoms with van der Waals surface area (Å²) in [7, 11) is 0. The lowest BCUT2D eigenvalue weighted by Crippen LogP contribution is -2.46. The van der Waals surface area contributed by atoms with Crippen LogP contribution < -0.4 is 10.6 Å². The molecule has 0 bridgehead atoms. The maximum Gasteiger partial charge on any atom is 0.262 e. The largest absolute Gasteiger partial charge is 0.339 e. The van der Waals surface area contributed by atoms with Gasteiger partial charge in [-0.3, -0.25) is 14.4 Å². The number of Topliss-reactive ketones (excluding diaryl/α,β-unsaturated/α-hetero) is 1. The van der Waals surface area contributed by atoms with Crippen LogP contribution in [0, 0.1) is 5.92 Å². The molecule has 1 atom stereocenters. The standard InChI is InChI=1S/C18H20N2O3S/c1-11(2)16(20-17(22)15-8-5-9-24-15)18(23)19-14-7-4-6-13(10-14)12(3)21/h4-11,16H,1-3H3,(H,19,23)(H,20,22). The van der Waals surface area contributed by atoms with Crippen molar-refractivity contribution in [2.75, 3.05) is 5.32 Å². The van der Waals surface area contributed by atoms with E-state index in [0.29, 0.717) is 16.1 Å². The van der Waals surface area contributed by atoms with E-state index in [1.165, 1.54) is 18.3 Å². The summed E-state index contributed by atoms with van der Waals surface area (Å²) in [5.74, 6) is -0.727. The zero-order chi connectivity index (χ0) is 17.7. The van der Waals surface area contributed by atoms with E-state index in [1.807, 2.05) is 19.2 Å².